The van der Waals surface area contributed by atoms with E-state index < -0.39 is 0 Å². The Labute approximate surface area is 193 Å². The van der Waals surface area contributed by atoms with Gasteiger partial charge in [0, 0.05) is 29.9 Å². The maximum absolute atomic E-state index is 12.8. The van der Waals surface area contributed by atoms with Crippen LogP contribution in [0.4, 0.5) is 11.4 Å². The molecule has 0 bridgehead atoms. The number of rotatable bonds is 8. The van der Waals surface area contributed by atoms with Crippen molar-refractivity contribution in [1.82, 2.24) is 9.78 Å². The molecule has 2 aromatic carbocycles. The summed E-state index contributed by atoms with van der Waals surface area (Å²) >= 11 is 0. The largest absolute Gasteiger partial charge is 0.326 e. The van der Waals surface area contributed by atoms with Crippen LogP contribution in [0.5, 0.6) is 0 Å². The number of aromatic nitrogens is 2. The molecule has 33 heavy (non-hydrogen) atoms. The van der Waals surface area contributed by atoms with Gasteiger partial charge in [0.05, 0.1) is 5.69 Å². The molecule has 0 atom stereocenters. The maximum Gasteiger partial charge on any atom is 0.267 e. The van der Waals surface area contributed by atoms with Gasteiger partial charge in [-0.05, 0) is 48.1 Å². The Hall–Kier alpha value is -3.74. The van der Waals surface area contributed by atoms with Gasteiger partial charge in [0.2, 0.25) is 11.8 Å². The number of nitrogens with one attached hydrogen (secondary N) is 2. The zero-order valence-corrected chi connectivity index (χ0v) is 19.6. The number of hydrogen-bond donors (Lipinski definition) is 2. The Morgan fingerprint density at radius 2 is 1.55 bits per heavy atom. The molecule has 0 radical (unpaired) electrons. The predicted molar refractivity (Wildman–Crippen MR) is 131 cm³/mol. The van der Waals surface area contributed by atoms with E-state index in [2.05, 4.69) is 15.7 Å². The number of benzene rings is 2. The van der Waals surface area contributed by atoms with Gasteiger partial charge < -0.3 is 10.6 Å². The Morgan fingerprint density at radius 3 is 2.15 bits per heavy atom. The van der Waals surface area contributed by atoms with Gasteiger partial charge in [0.1, 0.15) is 6.54 Å². The molecule has 3 aromatic rings. The van der Waals surface area contributed by atoms with Crippen molar-refractivity contribution in [3.63, 3.8) is 0 Å². The average Bonchev–Trinajstić information content (AvgIpc) is 2.80. The molecule has 0 aliphatic rings. The van der Waals surface area contributed by atoms with E-state index in [1.54, 1.807) is 6.07 Å². The summed E-state index contributed by atoms with van der Waals surface area (Å²) in [6.45, 7) is 7.36. The van der Waals surface area contributed by atoms with Gasteiger partial charge in [0.25, 0.3) is 5.56 Å². The van der Waals surface area contributed by atoms with Crippen LogP contribution < -0.4 is 16.2 Å². The van der Waals surface area contributed by atoms with Gasteiger partial charge in [-0.2, -0.15) is 5.10 Å². The van der Waals surface area contributed by atoms with E-state index in [1.807, 2.05) is 57.2 Å². The maximum atomic E-state index is 12.8. The first-order valence-corrected chi connectivity index (χ1v) is 11.3. The minimum Gasteiger partial charge on any atom is -0.326 e. The van der Waals surface area contributed by atoms with Crippen molar-refractivity contribution in [2.75, 3.05) is 10.6 Å². The average molecular weight is 447 g/mol. The zero-order valence-electron chi connectivity index (χ0n) is 19.6. The van der Waals surface area contributed by atoms with Crippen molar-refractivity contribution < 1.29 is 9.59 Å². The fourth-order valence-corrected chi connectivity index (χ4v) is 3.78. The molecule has 7 nitrogen and oxygen atoms in total. The summed E-state index contributed by atoms with van der Waals surface area (Å²) in [6.07, 6.45) is 2.35. The zero-order chi connectivity index (χ0) is 24.0. The molecule has 0 saturated carbocycles. The molecule has 0 aliphatic carbocycles. The van der Waals surface area contributed by atoms with Crippen molar-refractivity contribution in [3.05, 3.63) is 75.6 Å². The number of hydrogen-bond acceptors (Lipinski definition) is 4. The molecule has 0 saturated heterocycles. The molecule has 2 amide bonds. The summed E-state index contributed by atoms with van der Waals surface area (Å²) in [5.41, 5.74) is 5.56. The SMILES string of the molecule is CCc1ccc(-c2ccc(=O)n(CC(=O)Nc3c(CC)cccc3CC)n2)cc1NC(C)=O. The fourth-order valence-electron chi connectivity index (χ4n) is 3.78. The summed E-state index contributed by atoms with van der Waals surface area (Å²) in [5, 5.41) is 10.2. The summed E-state index contributed by atoms with van der Waals surface area (Å²) in [7, 11) is 0. The molecule has 7 heteroatoms. The first kappa shape index (κ1) is 23.9. The summed E-state index contributed by atoms with van der Waals surface area (Å²) < 4.78 is 1.16. The van der Waals surface area contributed by atoms with Crippen LogP contribution in [0.1, 0.15) is 44.4 Å². The van der Waals surface area contributed by atoms with Crippen molar-refractivity contribution in [2.45, 2.75) is 53.5 Å². The molecule has 0 fully saturated rings. The molecular weight excluding hydrogens is 416 g/mol. The summed E-state index contributed by atoms with van der Waals surface area (Å²) in [5.74, 6) is -0.465. The second kappa shape index (κ2) is 10.7. The van der Waals surface area contributed by atoms with Gasteiger partial charge in [-0.15, -0.1) is 0 Å². The van der Waals surface area contributed by atoms with Gasteiger partial charge in [-0.3, -0.25) is 14.4 Å². The Kier molecular flexibility index (Phi) is 7.77. The molecule has 0 aliphatic heterocycles. The highest BCUT2D eigenvalue weighted by Gasteiger charge is 2.13. The Balaban J connectivity index is 1.88. The number of carbonyl (C=O) groups excluding carboxylic acids is 2. The topological polar surface area (TPSA) is 93.1 Å². The molecule has 0 spiro atoms. The van der Waals surface area contributed by atoms with Crippen LogP contribution in [0.15, 0.2) is 53.3 Å². The monoisotopic (exact) mass is 446 g/mol. The lowest BCUT2D eigenvalue weighted by atomic mass is 10.0. The van der Waals surface area contributed by atoms with E-state index in [4.69, 9.17) is 0 Å². The van der Waals surface area contributed by atoms with Crippen molar-refractivity contribution in [1.29, 1.82) is 0 Å². The van der Waals surface area contributed by atoms with Crippen LogP contribution in [-0.4, -0.2) is 21.6 Å². The molecule has 1 heterocycles. The smallest absolute Gasteiger partial charge is 0.267 e. The van der Waals surface area contributed by atoms with Crippen LogP contribution in [0, 0.1) is 0 Å². The van der Waals surface area contributed by atoms with E-state index in [-0.39, 0.29) is 23.9 Å². The van der Waals surface area contributed by atoms with E-state index >= 15 is 0 Å². The minimum atomic E-state index is -0.361. The molecule has 1 aromatic heterocycles. The lowest BCUT2D eigenvalue weighted by molar-refractivity contribution is -0.117. The van der Waals surface area contributed by atoms with E-state index in [0.29, 0.717) is 11.4 Å². The highest BCUT2D eigenvalue weighted by molar-refractivity contribution is 5.92. The molecule has 0 unspecified atom stereocenters. The summed E-state index contributed by atoms with van der Waals surface area (Å²) in [6, 6.07) is 14.7. The lowest BCUT2D eigenvalue weighted by Gasteiger charge is -2.15. The Morgan fingerprint density at radius 1 is 0.879 bits per heavy atom. The minimum absolute atomic E-state index is 0.157. The van der Waals surface area contributed by atoms with Gasteiger partial charge >= 0.3 is 0 Å². The van der Waals surface area contributed by atoms with Crippen molar-refractivity contribution in [3.8, 4) is 11.3 Å². The first-order valence-electron chi connectivity index (χ1n) is 11.3. The molecule has 3 rings (SSSR count). The van der Waals surface area contributed by atoms with E-state index in [0.717, 1.165) is 51.9 Å². The van der Waals surface area contributed by atoms with Crippen LogP contribution >= 0.6 is 0 Å². The number of amides is 2. The number of aryl methyl sites for hydroxylation is 3. The highest BCUT2D eigenvalue weighted by atomic mass is 16.2. The normalized spacial score (nSPS) is 10.7. The highest BCUT2D eigenvalue weighted by Crippen LogP contribution is 2.25. The molecule has 2 N–H and O–H groups in total. The van der Waals surface area contributed by atoms with Crippen molar-refractivity contribution >= 4 is 23.2 Å². The van der Waals surface area contributed by atoms with Crippen LogP contribution in [-0.2, 0) is 35.4 Å². The number of carbonyl (C=O) groups is 2. The van der Waals surface area contributed by atoms with E-state index in [9.17, 15) is 14.4 Å². The third-order valence-corrected chi connectivity index (χ3v) is 5.52. The second-order valence-corrected chi connectivity index (χ2v) is 7.83. The Bertz CT molecular complexity index is 1210. The van der Waals surface area contributed by atoms with Crippen LogP contribution in [0.3, 0.4) is 0 Å². The molecule has 172 valence electrons. The third kappa shape index (κ3) is 5.74. The fraction of sp³-hybridized carbons (Fsp3) is 0.308. The number of para-hydroxylation sites is 1. The van der Waals surface area contributed by atoms with E-state index in [1.165, 1.54) is 13.0 Å². The van der Waals surface area contributed by atoms with Crippen molar-refractivity contribution in [2.24, 2.45) is 0 Å². The standard InChI is InChI=1S/C26H30N4O3/c1-5-18-11-12-21(15-23(18)27-17(4)31)22-13-14-25(33)30(29-22)16-24(32)28-26-19(6-2)9-8-10-20(26)7-3/h8-15H,5-7,16H2,1-4H3,(H,27,31)(H,28,32). The van der Waals surface area contributed by atoms with Gasteiger partial charge in [0.15, 0.2) is 0 Å². The second-order valence-electron chi connectivity index (χ2n) is 7.83. The number of nitrogens with zero attached hydrogens (tertiary/aromatic N) is 2. The van der Waals surface area contributed by atoms with Gasteiger partial charge in [-0.25, -0.2) is 4.68 Å². The van der Waals surface area contributed by atoms with Crippen LogP contribution in [0.25, 0.3) is 11.3 Å². The predicted octanol–water partition coefficient (Wildman–Crippen LogP) is 4.19. The first-order chi connectivity index (χ1) is 15.9. The van der Waals surface area contributed by atoms with Gasteiger partial charge in [-0.1, -0.05) is 51.1 Å². The third-order valence-electron chi connectivity index (χ3n) is 5.52. The molecular formula is C26H30N4O3. The van der Waals surface area contributed by atoms with Crippen LogP contribution in [0.2, 0.25) is 0 Å². The lowest BCUT2D eigenvalue weighted by Crippen LogP contribution is -2.29. The quantitative estimate of drug-likeness (QED) is 0.542. The summed E-state index contributed by atoms with van der Waals surface area (Å²) in [4.78, 5) is 36.8. The number of anilines is 2.